The number of nitrogens with one attached hydrogen (secondary N) is 2. The van der Waals surface area contributed by atoms with Gasteiger partial charge in [-0.3, -0.25) is 5.41 Å². The van der Waals surface area contributed by atoms with Crippen LogP contribution in [0.1, 0.15) is 32.3 Å². The SMILES string of the molecule is [B]c1ccc(F)c(NSc2ccc(SC(C)C)s2)c1C(=N)N1CCN(c2ncc(F)cc2F)CC12CC2. The third-order valence-corrected chi connectivity index (χ3v) is 9.62. The van der Waals surface area contributed by atoms with Crippen LogP contribution in [0.4, 0.5) is 24.7 Å². The van der Waals surface area contributed by atoms with Gasteiger partial charge >= 0.3 is 0 Å². The Kier molecular flexibility index (Phi) is 7.43. The third kappa shape index (κ3) is 5.47. The molecule has 1 aliphatic carbocycles. The van der Waals surface area contributed by atoms with E-state index >= 15 is 4.39 Å². The first-order valence-corrected chi connectivity index (χ1v) is 14.4. The number of hydrogen-bond acceptors (Lipinski definition) is 7. The fourth-order valence-electron chi connectivity index (χ4n) is 4.56. The van der Waals surface area contributed by atoms with Gasteiger partial charge < -0.3 is 14.5 Å². The predicted molar refractivity (Wildman–Crippen MR) is 148 cm³/mol. The quantitative estimate of drug-likeness (QED) is 0.128. The van der Waals surface area contributed by atoms with E-state index in [1.165, 1.54) is 28.3 Å². The first-order chi connectivity index (χ1) is 17.7. The molecular weight excluding hydrogens is 534 g/mol. The number of pyridine rings is 1. The van der Waals surface area contributed by atoms with Gasteiger partial charge in [-0.25, -0.2) is 18.2 Å². The second kappa shape index (κ2) is 10.5. The number of amidine groups is 1. The Morgan fingerprint density at radius 1 is 1.14 bits per heavy atom. The van der Waals surface area contributed by atoms with Gasteiger partial charge in [0.05, 0.1) is 25.8 Å². The highest BCUT2D eigenvalue weighted by Gasteiger charge is 2.53. The summed E-state index contributed by atoms with van der Waals surface area (Å²) >= 11 is 4.69. The molecule has 0 atom stereocenters. The smallest absolute Gasteiger partial charge is 0.168 e. The molecule has 2 fully saturated rings. The normalized spacial score (nSPS) is 16.5. The van der Waals surface area contributed by atoms with Crippen molar-refractivity contribution < 1.29 is 13.2 Å². The molecule has 0 amide bonds. The molecule has 2 aliphatic rings. The van der Waals surface area contributed by atoms with Gasteiger partial charge in [0.25, 0.3) is 0 Å². The van der Waals surface area contributed by atoms with E-state index in [1.54, 1.807) is 28.0 Å². The lowest BCUT2D eigenvalue weighted by atomic mass is 9.88. The maximum atomic E-state index is 15.1. The average molecular weight is 560 g/mol. The van der Waals surface area contributed by atoms with Crippen LogP contribution >= 0.6 is 35.0 Å². The number of piperazine rings is 1. The molecule has 2 aromatic heterocycles. The van der Waals surface area contributed by atoms with Crippen molar-refractivity contribution in [3.63, 3.8) is 0 Å². The third-order valence-electron chi connectivity index (χ3n) is 6.42. The van der Waals surface area contributed by atoms with Gasteiger partial charge in [-0.15, -0.1) is 23.1 Å². The van der Waals surface area contributed by atoms with Crippen molar-refractivity contribution in [3.05, 3.63) is 59.5 Å². The minimum Gasteiger partial charge on any atom is -0.350 e. The van der Waals surface area contributed by atoms with Gasteiger partial charge in [0.1, 0.15) is 25.3 Å². The molecule has 37 heavy (non-hydrogen) atoms. The molecule has 2 N–H and O–H groups in total. The monoisotopic (exact) mass is 559 g/mol. The number of nitrogens with zero attached hydrogens (tertiary/aromatic N) is 3. The first kappa shape index (κ1) is 26.3. The molecule has 3 heterocycles. The number of aromatic nitrogens is 1. The summed E-state index contributed by atoms with van der Waals surface area (Å²) in [5.41, 5.74) is 0.386. The fraction of sp³-hybridized carbons (Fsp3) is 0.360. The van der Waals surface area contributed by atoms with E-state index in [9.17, 15) is 8.78 Å². The maximum Gasteiger partial charge on any atom is 0.168 e. The van der Waals surface area contributed by atoms with Crippen LogP contribution in [0.15, 0.2) is 44.9 Å². The Balaban J connectivity index is 1.36. The van der Waals surface area contributed by atoms with Crippen LogP contribution in [0.2, 0.25) is 0 Å². The van der Waals surface area contributed by atoms with E-state index in [0.717, 1.165) is 29.3 Å². The Hall–Kier alpha value is -2.31. The minimum absolute atomic E-state index is 0.105. The standard InChI is InChI=1S/C25H25BF3N5S3/c1-14(2)35-19-5-6-20(36-19)37-32-22-17(28)4-3-16(26)21(22)23(30)34-10-9-33(13-25(34)7-8-25)24-18(29)11-15(27)12-31-24/h3-6,11-12,14,30,32H,7-10,13H2,1-2H3. The molecule has 0 bridgehead atoms. The summed E-state index contributed by atoms with van der Waals surface area (Å²) in [7, 11) is 6.30. The van der Waals surface area contributed by atoms with Gasteiger partial charge in [-0.05, 0) is 43.0 Å². The van der Waals surface area contributed by atoms with Crippen LogP contribution in [-0.4, -0.2) is 54.0 Å². The van der Waals surface area contributed by atoms with E-state index in [4.69, 9.17) is 13.3 Å². The number of benzene rings is 1. The lowest BCUT2D eigenvalue weighted by molar-refractivity contribution is 0.257. The molecule has 1 saturated carbocycles. The zero-order chi connectivity index (χ0) is 26.3. The number of halogens is 3. The van der Waals surface area contributed by atoms with Crippen LogP contribution in [0, 0.1) is 22.9 Å². The Morgan fingerprint density at radius 3 is 2.59 bits per heavy atom. The topological polar surface area (TPSA) is 55.3 Å². The molecule has 5 rings (SSSR count). The molecule has 1 aromatic carbocycles. The van der Waals surface area contributed by atoms with E-state index in [-0.39, 0.29) is 17.3 Å². The molecule has 5 nitrogen and oxygen atoms in total. The maximum absolute atomic E-state index is 15.1. The van der Waals surface area contributed by atoms with Gasteiger partial charge in [0.15, 0.2) is 11.6 Å². The van der Waals surface area contributed by atoms with Crippen molar-refractivity contribution >= 4 is 65.7 Å². The lowest BCUT2D eigenvalue weighted by Gasteiger charge is -2.44. The molecule has 0 unspecified atom stereocenters. The van der Waals surface area contributed by atoms with Crippen LogP contribution in [0.25, 0.3) is 0 Å². The molecular formula is C25H25BF3N5S3. The number of thiophene rings is 1. The van der Waals surface area contributed by atoms with E-state index < -0.39 is 23.0 Å². The van der Waals surface area contributed by atoms with Gasteiger partial charge in [-0.2, -0.15) is 0 Å². The summed E-state index contributed by atoms with van der Waals surface area (Å²) in [4.78, 5) is 7.68. The van der Waals surface area contributed by atoms with Crippen molar-refractivity contribution in [1.82, 2.24) is 9.88 Å². The van der Waals surface area contributed by atoms with Gasteiger partial charge in [-0.1, -0.05) is 25.4 Å². The number of rotatable bonds is 7. The largest absolute Gasteiger partial charge is 0.350 e. The molecule has 12 heteroatoms. The highest BCUT2D eigenvalue weighted by atomic mass is 32.2. The number of thioether (sulfide) groups is 1. The van der Waals surface area contributed by atoms with Crippen molar-refractivity contribution in [3.8, 4) is 0 Å². The first-order valence-electron chi connectivity index (χ1n) is 11.9. The average Bonchev–Trinajstić information content (AvgIpc) is 3.45. The molecule has 3 aromatic rings. The van der Waals surface area contributed by atoms with E-state index in [0.29, 0.717) is 35.9 Å². The summed E-state index contributed by atoms with van der Waals surface area (Å²) in [6, 6.07) is 7.65. The molecule has 1 aliphatic heterocycles. The van der Waals surface area contributed by atoms with Crippen LogP contribution < -0.4 is 15.1 Å². The Morgan fingerprint density at radius 2 is 1.89 bits per heavy atom. The van der Waals surface area contributed by atoms with E-state index in [1.807, 2.05) is 17.0 Å². The number of hydrogen-bond donors (Lipinski definition) is 2. The highest BCUT2D eigenvalue weighted by molar-refractivity contribution is 8.04. The number of anilines is 2. The van der Waals surface area contributed by atoms with Crippen LogP contribution in [-0.2, 0) is 0 Å². The summed E-state index contributed by atoms with van der Waals surface area (Å²) < 4.78 is 48.1. The Labute approximate surface area is 228 Å². The summed E-state index contributed by atoms with van der Waals surface area (Å²) in [5, 5.41) is 9.54. The summed E-state index contributed by atoms with van der Waals surface area (Å²) in [6.45, 7) is 5.49. The predicted octanol–water partition coefficient (Wildman–Crippen LogP) is 5.65. The van der Waals surface area contributed by atoms with E-state index in [2.05, 4.69) is 23.6 Å². The van der Waals surface area contributed by atoms with Crippen molar-refractivity contribution in [2.45, 2.75) is 45.9 Å². The minimum atomic E-state index is -0.722. The van der Waals surface area contributed by atoms with Gasteiger partial charge in [0, 0.05) is 36.5 Å². The lowest BCUT2D eigenvalue weighted by Crippen LogP contribution is -2.58. The van der Waals surface area contributed by atoms with Gasteiger partial charge in [0.2, 0.25) is 0 Å². The van der Waals surface area contributed by atoms with Crippen molar-refractivity contribution in [1.29, 1.82) is 5.41 Å². The molecule has 2 radical (unpaired) electrons. The second-order valence-corrected chi connectivity index (χ2v) is 13.5. The second-order valence-electron chi connectivity index (χ2n) is 9.44. The Bertz CT molecular complexity index is 1330. The van der Waals surface area contributed by atoms with Crippen molar-refractivity contribution in [2.24, 2.45) is 0 Å². The molecule has 1 spiro atoms. The molecule has 192 valence electrons. The van der Waals surface area contributed by atoms with Crippen molar-refractivity contribution in [2.75, 3.05) is 29.3 Å². The zero-order valence-corrected chi connectivity index (χ0v) is 22.8. The zero-order valence-electron chi connectivity index (χ0n) is 20.4. The summed E-state index contributed by atoms with van der Waals surface area (Å²) in [5.74, 6) is -1.68. The highest BCUT2D eigenvalue weighted by Crippen LogP contribution is 2.46. The van der Waals surface area contributed by atoms with Crippen LogP contribution in [0.3, 0.4) is 0 Å². The van der Waals surface area contributed by atoms with Crippen LogP contribution in [0.5, 0.6) is 0 Å². The fourth-order valence-corrected chi connectivity index (χ4v) is 7.94. The molecule has 1 saturated heterocycles. The summed E-state index contributed by atoms with van der Waals surface area (Å²) in [6.07, 6.45) is 2.60.